The van der Waals surface area contributed by atoms with E-state index < -0.39 is 10.0 Å². The van der Waals surface area contributed by atoms with Gasteiger partial charge in [0.05, 0.1) is 4.90 Å². The molecule has 1 aliphatic heterocycles. The van der Waals surface area contributed by atoms with Crippen LogP contribution in [0.1, 0.15) is 12.0 Å². The van der Waals surface area contributed by atoms with Crippen molar-refractivity contribution < 1.29 is 8.42 Å². The van der Waals surface area contributed by atoms with Crippen molar-refractivity contribution in [3.8, 4) is 0 Å². The van der Waals surface area contributed by atoms with Gasteiger partial charge in [0, 0.05) is 36.8 Å². The maximum absolute atomic E-state index is 12.8. The van der Waals surface area contributed by atoms with Gasteiger partial charge in [-0.2, -0.15) is 4.31 Å². The summed E-state index contributed by atoms with van der Waals surface area (Å²) in [4.78, 5) is 7.03. The van der Waals surface area contributed by atoms with Crippen LogP contribution in [0.4, 0.5) is 5.82 Å². The average molecular weight is 410 g/mol. The molecule has 0 unspecified atom stereocenters. The molecule has 2 aromatic rings. The smallest absolute Gasteiger partial charge is 0.243 e. The van der Waals surface area contributed by atoms with Crippen LogP contribution in [0, 0.1) is 6.92 Å². The Hall–Kier alpha value is -1.44. The van der Waals surface area contributed by atoms with Crippen molar-refractivity contribution in [2.24, 2.45) is 0 Å². The molecule has 3 rings (SSSR count). The number of aromatic nitrogens is 1. The molecule has 0 amide bonds. The molecular formula is C17H20BrN3O2S. The fourth-order valence-corrected chi connectivity index (χ4v) is 4.89. The molecule has 128 valence electrons. The van der Waals surface area contributed by atoms with E-state index in [1.165, 1.54) is 0 Å². The summed E-state index contributed by atoms with van der Waals surface area (Å²) in [6.07, 6.45) is 2.56. The monoisotopic (exact) mass is 409 g/mol. The normalized spacial score (nSPS) is 16.8. The Morgan fingerprint density at radius 2 is 1.83 bits per heavy atom. The van der Waals surface area contributed by atoms with Gasteiger partial charge in [-0.15, -0.1) is 0 Å². The summed E-state index contributed by atoms with van der Waals surface area (Å²) in [6.45, 7) is 4.46. The van der Waals surface area contributed by atoms with Crippen LogP contribution in [-0.4, -0.2) is 43.9 Å². The second kappa shape index (κ2) is 7.21. The zero-order chi connectivity index (χ0) is 17.2. The topological polar surface area (TPSA) is 53.5 Å². The first-order valence-corrected chi connectivity index (χ1v) is 10.1. The summed E-state index contributed by atoms with van der Waals surface area (Å²) < 4.78 is 28.1. The van der Waals surface area contributed by atoms with Gasteiger partial charge in [-0.25, -0.2) is 13.4 Å². The fourth-order valence-electron chi connectivity index (χ4n) is 2.95. The fraction of sp³-hybridized carbons (Fsp3) is 0.353. The Morgan fingerprint density at radius 3 is 2.54 bits per heavy atom. The third-order valence-corrected chi connectivity index (χ3v) is 6.50. The molecule has 1 saturated heterocycles. The lowest BCUT2D eigenvalue weighted by Crippen LogP contribution is -2.35. The SMILES string of the molecule is Cc1cc(Br)cnc1N1CCCN(S(=O)(=O)c2ccccc2)CC1. The van der Waals surface area contributed by atoms with E-state index in [4.69, 9.17) is 0 Å². The molecule has 7 heteroatoms. The van der Waals surface area contributed by atoms with E-state index in [0.29, 0.717) is 24.5 Å². The quantitative estimate of drug-likeness (QED) is 0.781. The summed E-state index contributed by atoms with van der Waals surface area (Å²) in [5.41, 5.74) is 1.09. The number of rotatable bonds is 3. The van der Waals surface area contributed by atoms with Crippen LogP contribution in [0.15, 0.2) is 52.0 Å². The van der Waals surface area contributed by atoms with Crippen LogP contribution in [0.3, 0.4) is 0 Å². The maximum atomic E-state index is 12.8. The van der Waals surface area contributed by atoms with E-state index in [2.05, 4.69) is 25.8 Å². The van der Waals surface area contributed by atoms with Crippen molar-refractivity contribution in [2.45, 2.75) is 18.2 Å². The Morgan fingerprint density at radius 1 is 1.08 bits per heavy atom. The van der Waals surface area contributed by atoms with E-state index >= 15 is 0 Å². The van der Waals surface area contributed by atoms with Crippen LogP contribution in [0.25, 0.3) is 0 Å². The molecular weight excluding hydrogens is 390 g/mol. The number of halogens is 1. The average Bonchev–Trinajstić information content (AvgIpc) is 2.82. The summed E-state index contributed by atoms with van der Waals surface area (Å²) in [5, 5.41) is 0. The molecule has 0 saturated carbocycles. The summed E-state index contributed by atoms with van der Waals surface area (Å²) in [5.74, 6) is 0.928. The lowest BCUT2D eigenvalue weighted by Gasteiger charge is -2.24. The minimum Gasteiger partial charge on any atom is -0.355 e. The second-order valence-corrected chi connectivity index (χ2v) is 8.71. The number of hydrogen-bond acceptors (Lipinski definition) is 4. The van der Waals surface area contributed by atoms with Gasteiger partial charge in [-0.3, -0.25) is 0 Å². The first-order valence-electron chi connectivity index (χ1n) is 7.91. The molecule has 0 N–H and O–H groups in total. The van der Waals surface area contributed by atoms with Crippen molar-refractivity contribution in [3.63, 3.8) is 0 Å². The van der Waals surface area contributed by atoms with E-state index in [-0.39, 0.29) is 0 Å². The number of benzene rings is 1. The van der Waals surface area contributed by atoms with Gasteiger partial charge < -0.3 is 4.90 Å². The van der Waals surface area contributed by atoms with Crippen LogP contribution in [0.5, 0.6) is 0 Å². The molecule has 0 aliphatic carbocycles. The standard InChI is InChI=1S/C17H20BrN3O2S/c1-14-12-15(18)13-19-17(14)20-8-5-9-21(11-10-20)24(22,23)16-6-3-2-4-7-16/h2-4,6-7,12-13H,5,8-11H2,1H3. The summed E-state index contributed by atoms with van der Waals surface area (Å²) >= 11 is 3.43. The van der Waals surface area contributed by atoms with Crippen LogP contribution in [-0.2, 0) is 10.0 Å². The Bertz CT molecular complexity index is 812. The highest BCUT2D eigenvalue weighted by atomic mass is 79.9. The van der Waals surface area contributed by atoms with Crippen molar-refractivity contribution >= 4 is 31.8 Å². The lowest BCUT2D eigenvalue weighted by atomic mass is 10.2. The third kappa shape index (κ3) is 3.63. The molecule has 1 aliphatic rings. The van der Waals surface area contributed by atoms with Crippen molar-refractivity contribution in [1.82, 2.24) is 9.29 Å². The molecule has 0 bridgehead atoms. The predicted octanol–water partition coefficient (Wildman–Crippen LogP) is 3.05. The molecule has 0 radical (unpaired) electrons. The predicted molar refractivity (Wildman–Crippen MR) is 98.7 cm³/mol. The number of aryl methyl sites for hydroxylation is 1. The largest absolute Gasteiger partial charge is 0.355 e. The van der Waals surface area contributed by atoms with Gasteiger partial charge >= 0.3 is 0 Å². The Balaban J connectivity index is 1.78. The zero-order valence-corrected chi connectivity index (χ0v) is 15.9. The van der Waals surface area contributed by atoms with Crippen molar-refractivity contribution in [2.75, 3.05) is 31.1 Å². The first-order chi connectivity index (χ1) is 11.5. The Labute approximate surface area is 151 Å². The minimum absolute atomic E-state index is 0.358. The first kappa shape index (κ1) is 17.4. The molecule has 24 heavy (non-hydrogen) atoms. The zero-order valence-electron chi connectivity index (χ0n) is 13.5. The third-order valence-electron chi connectivity index (χ3n) is 4.15. The van der Waals surface area contributed by atoms with E-state index in [1.54, 1.807) is 34.8 Å². The van der Waals surface area contributed by atoms with E-state index in [9.17, 15) is 8.42 Å². The van der Waals surface area contributed by atoms with Gasteiger partial charge in [0.25, 0.3) is 0 Å². The molecule has 0 spiro atoms. The van der Waals surface area contributed by atoms with E-state index in [0.717, 1.165) is 28.8 Å². The molecule has 5 nitrogen and oxygen atoms in total. The van der Waals surface area contributed by atoms with Crippen LogP contribution < -0.4 is 4.90 Å². The highest BCUT2D eigenvalue weighted by Gasteiger charge is 2.27. The second-order valence-electron chi connectivity index (χ2n) is 5.85. The van der Waals surface area contributed by atoms with Crippen LogP contribution in [0.2, 0.25) is 0 Å². The molecule has 2 heterocycles. The number of anilines is 1. The van der Waals surface area contributed by atoms with Gasteiger partial charge in [0.15, 0.2) is 0 Å². The van der Waals surface area contributed by atoms with Gasteiger partial charge in [-0.05, 0) is 53.0 Å². The number of hydrogen-bond donors (Lipinski definition) is 0. The highest BCUT2D eigenvalue weighted by molar-refractivity contribution is 9.10. The van der Waals surface area contributed by atoms with Gasteiger partial charge in [-0.1, -0.05) is 18.2 Å². The van der Waals surface area contributed by atoms with E-state index in [1.807, 2.05) is 19.1 Å². The van der Waals surface area contributed by atoms with Crippen molar-refractivity contribution in [3.05, 3.63) is 52.6 Å². The molecule has 1 fully saturated rings. The molecule has 1 aromatic carbocycles. The van der Waals surface area contributed by atoms with Crippen LogP contribution >= 0.6 is 15.9 Å². The number of pyridine rings is 1. The Kier molecular flexibility index (Phi) is 5.22. The molecule has 0 atom stereocenters. The minimum atomic E-state index is -3.43. The summed E-state index contributed by atoms with van der Waals surface area (Å²) in [6, 6.07) is 10.7. The highest BCUT2D eigenvalue weighted by Crippen LogP contribution is 2.23. The van der Waals surface area contributed by atoms with Gasteiger partial charge in [0.1, 0.15) is 5.82 Å². The van der Waals surface area contributed by atoms with Gasteiger partial charge in [0.2, 0.25) is 10.0 Å². The maximum Gasteiger partial charge on any atom is 0.243 e. The molecule has 1 aromatic heterocycles. The number of sulfonamides is 1. The summed E-state index contributed by atoms with van der Waals surface area (Å²) in [7, 11) is -3.43. The lowest BCUT2D eigenvalue weighted by molar-refractivity contribution is 0.433. The van der Waals surface area contributed by atoms with Crippen molar-refractivity contribution in [1.29, 1.82) is 0 Å². The number of nitrogens with zero attached hydrogens (tertiary/aromatic N) is 3.